The quantitative estimate of drug-likeness (QED) is 0.479. The first-order valence-electron chi connectivity index (χ1n) is 3.65. The number of hydrogen-bond acceptors (Lipinski definition) is 2. The molecule has 3 heteroatoms. The van der Waals surface area contributed by atoms with Crippen LogP contribution in [0.4, 0.5) is 0 Å². The third kappa shape index (κ3) is 1.88. The Kier molecular flexibility index (Phi) is 2.91. The summed E-state index contributed by atoms with van der Waals surface area (Å²) in [4.78, 5) is 11.0. The van der Waals surface area contributed by atoms with E-state index in [0.717, 1.165) is 5.56 Å². The summed E-state index contributed by atoms with van der Waals surface area (Å²) in [6, 6.07) is 7.03. The topological polar surface area (TPSA) is 26.3 Å². The largest absolute Gasteiger partial charge is 0.465 e. The van der Waals surface area contributed by atoms with Gasteiger partial charge in [-0.3, -0.25) is 0 Å². The molecule has 2 nitrogen and oxygen atoms in total. The molecule has 0 bridgehead atoms. The van der Waals surface area contributed by atoms with Crippen LogP contribution in [-0.2, 0) is 11.1 Å². The second-order valence-electron chi connectivity index (χ2n) is 2.39. The van der Waals surface area contributed by atoms with Crippen molar-refractivity contribution in [1.82, 2.24) is 0 Å². The number of carbonyl (C=O) groups excluding carboxylic acids is 1. The van der Waals surface area contributed by atoms with Gasteiger partial charge in [0, 0.05) is 0 Å². The lowest BCUT2D eigenvalue weighted by Gasteiger charge is -1.99. The van der Waals surface area contributed by atoms with Crippen molar-refractivity contribution in [3.8, 4) is 0 Å². The van der Waals surface area contributed by atoms with Crippen LogP contribution >= 0.6 is 0 Å². The minimum Gasteiger partial charge on any atom is -0.465 e. The first kappa shape index (κ1) is 8.85. The van der Waals surface area contributed by atoms with Gasteiger partial charge in [0.1, 0.15) is 0 Å². The number of ether oxygens (including phenoxy) is 1. The second kappa shape index (κ2) is 3.95. The van der Waals surface area contributed by atoms with Gasteiger partial charge in [0.2, 0.25) is 0 Å². The molecule has 1 aromatic carbocycles. The molecule has 0 unspecified atom stereocenters. The average Bonchev–Trinajstić information content (AvgIpc) is 2.17. The van der Waals surface area contributed by atoms with Crippen LogP contribution in [0.1, 0.15) is 15.9 Å². The molecule has 0 saturated carbocycles. The second-order valence-corrected chi connectivity index (χ2v) is 2.39. The van der Waals surface area contributed by atoms with Crippen LogP contribution in [0.25, 0.3) is 0 Å². The van der Waals surface area contributed by atoms with Gasteiger partial charge in [-0.1, -0.05) is 24.0 Å². The normalized spacial score (nSPS) is 9.42. The maximum atomic E-state index is 11.0. The smallest absolute Gasteiger partial charge is 0.337 e. The summed E-state index contributed by atoms with van der Waals surface area (Å²) in [7, 11) is 6.75. The molecular formula is C9H9BO2. The molecule has 0 N–H and O–H groups in total. The number of esters is 1. The van der Waals surface area contributed by atoms with Crippen LogP contribution in [0.15, 0.2) is 24.3 Å². The highest BCUT2D eigenvalue weighted by Gasteiger charge is 2.02. The van der Waals surface area contributed by atoms with E-state index in [4.69, 9.17) is 7.85 Å². The Morgan fingerprint density at radius 2 is 2.00 bits per heavy atom. The maximum absolute atomic E-state index is 11.0. The number of benzene rings is 1. The SMILES string of the molecule is [B]Cc1ccc(C(=O)OC)cc1. The molecule has 0 aliphatic rings. The van der Waals surface area contributed by atoms with E-state index in [-0.39, 0.29) is 5.97 Å². The fourth-order valence-electron chi connectivity index (χ4n) is 0.895. The predicted octanol–water partition coefficient (Wildman–Crippen LogP) is 1.14. The highest BCUT2D eigenvalue weighted by molar-refractivity contribution is 6.08. The highest BCUT2D eigenvalue weighted by Crippen LogP contribution is 2.04. The molecule has 12 heavy (non-hydrogen) atoms. The summed E-state index contributed by atoms with van der Waals surface area (Å²) in [6.45, 7) is 0. The Labute approximate surface area is 73.0 Å². The first-order valence-corrected chi connectivity index (χ1v) is 3.65. The van der Waals surface area contributed by atoms with E-state index in [1.807, 2.05) is 12.1 Å². The van der Waals surface area contributed by atoms with Gasteiger partial charge in [0.05, 0.1) is 20.5 Å². The minimum absolute atomic E-state index is 0.321. The molecular weight excluding hydrogens is 151 g/mol. The van der Waals surface area contributed by atoms with Crippen molar-refractivity contribution in [3.05, 3.63) is 35.4 Å². The Hall–Kier alpha value is -1.25. The van der Waals surface area contributed by atoms with E-state index in [2.05, 4.69) is 4.74 Å². The fraction of sp³-hybridized carbons (Fsp3) is 0.222. The zero-order chi connectivity index (χ0) is 8.97. The standard InChI is InChI=1S/C9H9BO2/c1-12-9(11)8-4-2-7(6-10)3-5-8/h2-5H,6H2,1H3. The number of hydrogen-bond donors (Lipinski definition) is 0. The van der Waals surface area contributed by atoms with Gasteiger partial charge >= 0.3 is 5.97 Å². The van der Waals surface area contributed by atoms with Gasteiger partial charge in [0.25, 0.3) is 0 Å². The average molecular weight is 160 g/mol. The summed E-state index contributed by atoms with van der Waals surface area (Å²) in [6.07, 6.45) is 0.488. The molecule has 0 amide bonds. The molecule has 2 radical (unpaired) electrons. The molecule has 0 aliphatic heterocycles. The van der Waals surface area contributed by atoms with Crippen LogP contribution in [0, 0.1) is 0 Å². The lowest BCUT2D eigenvalue weighted by atomic mass is 9.96. The van der Waals surface area contributed by atoms with E-state index < -0.39 is 0 Å². The molecule has 0 spiro atoms. The first-order chi connectivity index (χ1) is 5.77. The maximum Gasteiger partial charge on any atom is 0.337 e. The van der Waals surface area contributed by atoms with Crippen molar-refractivity contribution >= 4 is 13.8 Å². The van der Waals surface area contributed by atoms with Crippen molar-refractivity contribution in [2.24, 2.45) is 0 Å². The fourth-order valence-corrected chi connectivity index (χ4v) is 0.895. The molecule has 0 saturated heterocycles. The van der Waals surface area contributed by atoms with Gasteiger partial charge in [-0.25, -0.2) is 4.79 Å². The van der Waals surface area contributed by atoms with Gasteiger partial charge in [-0.05, 0) is 12.1 Å². The number of carbonyl (C=O) groups is 1. The third-order valence-electron chi connectivity index (χ3n) is 1.61. The van der Waals surface area contributed by atoms with Crippen LogP contribution in [0.2, 0.25) is 0 Å². The molecule has 1 aromatic rings. The highest BCUT2D eigenvalue weighted by atomic mass is 16.5. The zero-order valence-electron chi connectivity index (χ0n) is 6.91. The van der Waals surface area contributed by atoms with Crippen molar-refractivity contribution in [3.63, 3.8) is 0 Å². The van der Waals surface area contributed by atoms with E-state index in [0.29, 0.717) is 11.9 Å². The summed E-state index contributed by atoms with van der Waals surface area (Å²) >= 11 is 0. The zero-order valence-corrected chi connectivity index (χ0v) is 6.91. The Morgan fingerprint density at radius 1 is 1.42 bits per heavy atom. The van der Waals surface area contributed by atoms with Gasteiger partial charge in [-0.15, -0.1) is 0 Å². The van der Waals surface area contributed by atoms with E-state index in [1.165, 1.54) is 7.11 Å². The summed E-state index contributed by atoms with van der Waals surface area (Å²) in [5, 5.41) is 0. The Balaban J connectivity index is 2.84. The summed E-state index contributed by atoms with van der Waals surface area (Å²) in [5.74, 6) is -0.321. The Bertz CT molecular complexity index is 266. The molecule has 0 atom stereocenters. The molecule has 0 heterocycles. The van der Waals surface area contributed by atoms with Crippen LogP contribution in [-0.4, -0.2) is 20.9 Å². The van der Waals surface area contributed by atoms with Crippen LogP contribution < -0.4 is 0 Å². The molecule has 60 valence electrons. The molecule has 1 rings (SSSR count). The lowest BCUT2D eigenvalue weighted by molar-refractivity contribution is 0.0601. The summed E-state index contributed by atoms with van der Waals surface area (Å²) in [5.41, 5.74) is 1.55. The van der Waals surface area contributed by atoms with Gasteiger partial charge in [-0.2, -0.15) is 0 Å². The van der Waals surface area contributed by atoms with Crippen molar-refractivity contribution in [1.29, 1.82) is 0 Å². The van der Waals surface area contributed by atoms with Crippen molar-refractivity contribution in [2.75, 3.05) is 7.11 Å². The minimum atomic E-state index is -0.321. The Morgan fingerprint density at radius 3 is 2.42 bits per heavy atom. The van der Waals surface area contributed by atoms with Crippen molar-refractivity contribution < 1.29 is 9.53 Å². The van der Waals surface area contributed by atoms with E-state index in [1.54, 1.807) is 12.1 Å². The van der Waals surface area contributed by atoms with Crippen molar-refractivity contribution in [2.45, 2.75) is 6.32 Å². The van der Waals surface area contributed by atoms with Gasteiger partial charge < -0.3 is 4.74 Å². The molecule has 0 aromatic heterocycles. The number of rotatable bonds is 2. The predicted molar refractivity (Wildman–Crippen MR) is 47.2 cm³/mol. The third-order valence-corrected chi connectivity index (χ3v) is 1.61. The van der Waals surface area contributed by atoms with Crippen LogP contribution in [0.3, 0.4) is 0 Å². The van der Waals surface area contributed by atoms with E-state index in [9.17, 15) is 4.79 Å². The van der Waals surface area contributed by atoms with E-state index >= 15 is 0 Å². The molecule has 0 fully saturated rings. The molecule has 0 aliphatic carbocycles. The monoisotopic (exact) mass is 160 g/mol. The number of methoxy groups -OCH3 is 1. The van der Waals surface area contributed by atoms with Gasteiger partial charge in [0.15, 0.2) is 0 Å². The lowest BCUT2D eigenvalue weighted by Crippen LogP contribution is -2.00. The van der Waals surface area contributed by atoms with Crippen LogP contribution in [0.5, 0.6) is 0 Å². The summed E-state index contributed by atoms with van der Waals surface area (Å²) < 4.78 is 4.54.